The molecule has 0 aromatic heterocycles. The summed E-state index contributed by atoms with van der Waals surface area (Å²) < 4.78 is 0. The van der Waals surface area contributed by atoms with Gasteiger partial charge in [0.05, 0.1) is 11.3 Å². The third-order valence-electron chi connectivity index (χ3n) is 5.09. The minimum Gasteiger partial charge on any atom is -0.350 e. The number of imide groups is 1. The number of halogens is 1. The normalized spacial score (nSPS) is 13.9. The average Bonchev–Trinajstić information content (AvgIpc) is 2.92. The SMILES string of the molecule is Cc1cccc(NC2=C(c3ccc(C)cc3C)C(=O)N(c3cccc(Cl)c3)C2=O)c1. The van der Waals surface area contributed by atoms with E-state index in [9.17, 15) is 9.59 Å². The quantitative estimate of drug-likeness (QED) is 0.558. The van der Waals surface area contributed by atoms with Crippen molar-refractivity contribution in [3.05, 3.63) is 99.7 Å². The second-order valence-corrected chi connectivity index (χ2v) is 7.92. The van der Waals surface area contributed by atoms with Crippen LogP contribution in [0, 0.1) is 20.8 Å². The van der Waals surface area contributed by atoms with E-state index in [1.165, 1.54) is 4.90 Å². The van der Waals surface area contributed by atoms with Gasteiger partial charge in [-0.1, -0.05) is 53.6 Å². The number of nitrogens with one attached hydrogen (secondary N) is 1. The first-order valence-corrected chi connectivity index (χ1v) is 10.0. The molecular weight excluding hydrogens is 396 g/mol. The van der Waals surface area contributed by atoms with Crippen molar-refractivity contribution in [2.24, 2.45) is 0 Å². The summed E-state index contributed by atoms with van der Waals surface area (Å²) in [5.74, 6) is -0.775. The average molecular weight is 417 g/mol. The number of carbonyl (C=O) groups is 2. The van der Waals surface area contributed by atoms with Gasteiger partial charge in [-0.2, -0.15) is 0 Å². The van der Waals surface area contributed by atoms with E-state index >= 15 is 0 Å². The third kappa shape index (κ3) is 3.62. The van der Waals surface area contributed by atoms with Crippen molar-refractivity contribution < 1.29 is 9.59 Å². The lowest BCUT2D eigenvalue weighted by Gasteiger charge is -2.16. The highest BCUT2D eigenvalue weighted by Crippen LogP contribution is 2.36. The van der Waals surface area contributed by atoms with Crippen molar-refractivity contribution in [1.29, 1.82) is 0 Å². The van der Waals surface area contributed by atoms with Crippen molar-refractivity contribution in [3.8, 4) is 0 Å². The fourth-order valence-electron chi connectivity index (χ4n) is 3.71. The molecule has 1 aliphatic heterocycles. The van der Waals surface area contributed by atoms with E-state index in [1.807, 2.05) is 63.2 Å². The van der Waals surface area contributed by atoms with Gasteiger partial charge in [0.25, 0.3) is 11.8 Å². The Balaban J connectivity index is 1.87. The molecule has 1 aliphatic rings. The van der Waals surface area contributed by atoms with Crippen LogP contribution in [-0.2, 0) is 9.59 Å². The van der Waals surface area contributed by atoms with E-state index in [0.29, 0.717) is 16.3 Å². The van der Waals surface area contributed by atoms with E-state index < -0.39 is 5.91 Å². The fraction of sp³-hybridized carbons (Fsp3) is 0.120. The molecule has 4 nitrogen and oxygen atoms in total. The first kappa shape index (κ1) is 19.9. The Kier molecular flexibility index (Phi) is 5.18. The van der Waals surface area contributed by atoms with Gasteiger partial charge in [-0.15, -0.1) is 0 Å². The van der Waals surface area contributed by atoms with Crippen LogP contribution in [-0.4, -0.2) is 11.8 Å². The standard InChI is InChI=1S/C25H21ClN2O2/c1-15-6-4-8-19(13-15)27-23-22(21-11-10-16(2)12-17(21)3)24(29)28(25(23)30)20-9-5-7-18(26)14-20/h4-14,27H,1-3H3. The Morgan fingerprint density at radius 1 is 0.800 bits per heavy atom. The molecule has 0 aliphatic carbocycles. The maximum Gasteiger partial charge on any atom is 0.282 e. The number of nitrogens with zero attached hydrogens (tertiary/aromatic N) is 1. The number of anilines is 2. The van der Waals surface area contributed by atoms with Gasteiger partial charge in [0.2, 0.25) is 0 Å². The van der Waals surface area contributed by atoms with Crippen LogP contribution >= 0.6 is 11.6 Å². The van der Waals surface area contributed by atoms with Crippen LogP contribution < -0.4 is 10.2 Å². The summed E-state index contributed by atoms with van der Waals surface area (Å²) in [4.78, 5) is 28.1. The molecule has 1 N–H and O–H groups in total. The Bertz CT molecular complexity index is 1210. The maximum atomic E-state index is 13.5. The number of amides is 2. The number of aryl methyl sites for hydroxylation is 3. The van der Waals surface area contributed by atoms with Crippen molar-refractivity contribution in [2.45, 2.75) is 20.8 Å². The van der Waals surface area contributed by atoms with Gasteiger partial charge in [0, 0.05) is 10.7 Å². The van der Waals surface area contributed by atoms with Gasteiger partial charge in [-0.05, 0) is 67.8 Å². The van der Waals surface area contributed by atoms with Crippen molar-refractivity contribution >= 4 is 40.4 Å². The Morgan fingerprint density at radius 2 is 1.53 bits per heavy atom. The summed E-state index contributed by atoms with van der Waals surface area (Å²) in [6.45, 7) is 5.92. The van der Waals surface area contributed by atoms with Crippen LogP contribution in [0.1, 0.15) is 22.3 Å². The smallest absolute Gasteiger partial charge is 0.282 e. The number of hydrogen-bond donors (Lipinski definition) is 1. The second-order valence-electron chi connectivity index (χ2n) is 7.49. The molecule has 4 rings (SSSR count). The van der Waals surface area contributed by atoms with E-state index in [2.05, 4.69) is 5.32 Å². The molecular formula is C25H21ClN2O2. The number of benzene rings is 3. The molecule has 0 spiro atoms. The molecule has 0 atom stereocenters. The number of rotatable bonds is 4. The van der Waals surface area contributed by atoms with E-state index in [4.69, 9.17) is 11.6 Å². The van der Waals surface area contributed by atoms with E-state index in [1.54, 1.807) is 24.3 Å². The molecule has 1 heterocycles. The molecule has 0 bridgehead atoms. The molecule has 30 heavy (non-hydrogen) atoms. The predicted molar refractivity (Wildman–Crippen MR) is 122 cm³/mol. The maximum absolute atomic E-state index is 13.5. The molecule has 3 aromatic carbocycles. The van der Waals surface area contributed by atoms with Crippen molar-refractivity contribution in [2.75, 3.05) is 10.2 Å². The molecule has 150 valence electrons. The van der Waals surface area contributed by atoms with Gasteiger partial charge < -0.3 is 5.32 Å². The molecule has 0 saturated heterocycles. The fourth-order valence-corrected chi connectivity index (χ4v) is 3.89. The minimum atomic E-state index is -0.404. The summed E-state index contributed by atoms with van der Waals surface area (Å²) in [6.07, 6.45) is 0. The first-order chi connectivity index (χ1) is 14.3. The van der Waals surface area contributed by atoms with E-state index in [0.717, 1.165) is 27.9 Å². The third-order valence-corrected chi connectivity index (χ3v) is 5.32. The molecule has 0 saturated carbocycles. The Hall–Kier alpha value is -3.37. The Morgan fingerprint density at radius 3 is 2.23 bits per heavy atom. The van der Waals surface area contributed by atoms with Gasteiger partial charge in [0.1, 0.15) is 5.70 Å². The first-order valence-electron chi connectivity index (χ1n) is 9.65. The topological polar surface area (TPSA) is 49.4 Å². The van der Waals surface area contributed by atoms with Gasteiger partial charge in [-0.25, -0.2) is 4.90 Å². The summed E-state index contributed by atoms with van der Waals surface area (Å²) in [5.41, 5.74) is 5.63. The lowest BCUT2D eigenvalue weighted by molar-refractivity contribution is -0.120. The van der Waals surface area contributed by atoms with Crippen LogP contribution in [0.3, 0.4) is 0 Å². The summed E-state index contributed by atoms with van der Waals surface area (Å²) in [6, 6.07) is 20.3. The minimum absolute atomic E-state index is 0.262. The van der Waals surface area contributed by atoms with Crippen molar-refractivity contribution in [1.82, 2.24) is 0 Å². The summed E-state index contributed by atoms with van der Waals surface area (Å²) in [7, 11) is 0. The summed E-state index contributed by atoms with van der Waals surface area (Å²) >= 11 is 6.12. The molecule has 5 heteroatoms. The zero-order valence-corrected chi connectivity index (χ0v) is 17.7. The monoisotopic (exact) mass is 416 g/mol. The highest BCUT2D eigenvalue weighted by atomic mass is 35.5. The predicted octanol–water partition coefficient (Wildman–Crippen LogP) is 5.66. The molecule has 0 radical (unpaired) electrons. The van der Waals surface area contributed by atoms with Crippen LogP contribution in [0.15, 0.2) is 72.4 Å². The molecule has 0 unspecified atom stereocenters. The van der Waals surface area contributed by atoms with E-state index in [-0.39, 0.29) is 11.6 Å². The Labute approximate surface area is 180 Å². The zero-order valence-electron chi connectivity index (χ0n) is 17.0. The lowest BCUT2D eigenvalue weighted by atomic mass is 9.97. The lowest BCUT2D eigenvalue weighted by Crippen LogP contribution is -2.32. The van der Waals surface area contributed by atoms with Crippen LogP contribution in [0.5, 0.6) is 0 Å². The second kappa shape index (κ2) is 7.81. The van der Waals surface area contributed by atoms with Gasteiger partial charge in [-0.3, -0.25) is 9.59 Å². The molecule has 0 fully saturated rings. The highest BCUT2D eigenvalue weighted by molar-refractivity contribution is 6.46. The molecule has 2 amide bonds. The van der Waals surface area contributed by atoms with Crippen molar-refractivity contribution in [3.63, 3.8) is 0 Å². The number of carbonyl (C=O) groups excluding carboxylic acids is 2. The van der Waals surface area contributed by atoms with Crippen LogP contribution in [0.25, 0.3) is 5.57 Å². The van der Waals surface area contributed by atoms with Crippen LogP contribution in [0.2, 0.25) is 5.02 Å². The van der Waals surface area contributed by atoms with Gasteiger partial charge >= 0.3 is 0 Å². The molecule has 3 aromatic rings. The van der Waals surface area contributed by atoms with Gasteiger partial charge in [0.15, 0.2) is 0 Å². The highest BCUT2D eigenvalue weighted by Gasteiger charge is 2.40. The number of hydrogen-bond acceptors (Lipinski definition) is 3. The zero-order chi connectivity index (χ0) is 21.4. The summed E-state index contributed by atoms with van der Waals surface area (Å²) in [5, 5.41) is 3.66. The van der Waals surface area contributed by atoms with Crippen LogP contribution in [0.4, 0.5) is 11.4 Å². The largest absolute Gasteiger partial charge is 0.350 e.